The van der Waals surface area contributed by atoms with Gasteiger partial charge < -0.3 is 9.80 Å². The lowest BCUT2D eigenvalue weighted by Gasteiger charge is -2.33. The number of amides is 1. The summed E-state index contributed by atoms with van der Waals surface area (Å²) in [6.07, 6.45) is 1.60. The zero-order valence-electron chi connectivity index (χ0n) is 16.2. The number of carbonyl (C=O) groups is 1. The zero-order valence-corrected chi connectivity index (χ0v) is 17.9. The quantitative estimate of drug-likeness (QED) is 0.732. The van der Waals surface area contributed by atoms with E-state index in [1.54, 1.807) is 32.9 Å². The molecule has 10 heteroatoms. The summed E-state index contributed by atoms with van der Waals surface area (Å²) in [7, 11) is -1.89. The van der Waals surface area contributed by atoms with Crippen LogP contribution < -0.4 is 4.90 Å². The molecule has 150 valence electrons. The summed E-state index contributed by atoms with van der Waals surface area (Å²) >= 11 is 1.43. The van der Waals surface area contributed by atoms with Crippen molar-refractivity contribution in [2.24, 2.45) is 0 Å². The Balaban J connectivity index is 1.77. The van der Waals surface area contributed by atoms with Crippen molar-refractivity contribution in [2.75, 3.05) is 25.0 Å². The van der Waals surface area contributed by atoms with Crippen LogP contribution in [0.1, 0.15) is 29.3 Å². The molecule has 1 fully saturated rings. The number of aryl methyl sites for hydroxylation is 1. The van der Waals surface area contributed by atoms with Gasteiger partial charge in [-0.1, -0.05) is 0 Å². The molecule has 0 spiro atoms. The number of likely N-dealkylation sites (tertiary alicyclic amines) is 1. The van der Waals surface area contributed by atoms with Crippen molar-refractivity contribution in [3.05, 3.63) is 34.4 Å². The Morgan fingerprint density at radius 2 is 2.00 bits per heavy atom. The van der Waals surface area contributed by atoms with Crippen LogP contribution in [-0.4, -0.2) is 71.8 Å². The first-order valence-corrected chi connectivity index (χ1v) is 11.5. The number of hydrogen-bond donors (Lipinski definition) is 0. The Labute approximate surface area is 168 Å². The van der Waals surface area contributed by atoms with Gasteiger partial charge in [-0.25, -0.2) is 18.4 Å². The molecule has 2 aliphatic heterocycles. The fraction of sp³-hybridized carbons (Fsp3) is 0.500. The van der Waals surface area contributed by atoms with Crippen molar-refractivity contribution >= 4 is 33.1 Å². The number of carbonyl (C=O) groups excluding carboxylic acids is 1. The number of fused-ring (bicyclic) bond motifs is 2. The molecule has 4 rings (SSSR count). The number of pyridine rings is 1. The van der Waals surface area contributed by atoms with Gasteiger partial charge in [-0.3, -0.25) is 4.79 Å². The van der Waals surface area contributed by atoms with Crippen molar-refractivity contribution in [1.82, 2.24) is 19.2 Å². The van der Waals surface area contributed by atoms with E-state index in [1.165, 1.54) is 11.3 Å². The monoisotopic (exact) mass is 421 g/mol. The molecule has 8 nitrogen and oxygen atoms in total. The highest BCUT2D eigenvalue weighted by Crippen LogP contribution is 2.37. The number of aromatic nitrogens is 2. The minimum Gasteiger partial charge on any atom is -0.352 e. The van der Waals surface area contributed by atoms with Gasteiger partial charge in [0.05, 0.1) is 17.1 Å². The highest BCUT2D eigenvalue weighted by Gasteiger charge is 2.50. The summed E-state index contributed by atoms with van der Waals surface area (Å²) in [6, 6.07) is 2.47. The van der Waals surface area contributed by atoms with Crippen molar-refractivity contribution in [3.8, 4) is 0 Å². The Hall–Kier alpha value is -2.04. The molecule has 0 aliphatic carbocycles. The smallest absolute Gasteiger partial charge is 0.273 e. The number of nitrogens with zero attached hydrogens (tertiary/aromatic N) is 5. The van der Waals surface area contributed by atoms with Crippen LogP contribution >= 0.6 is 11.3 Å². The Morgan fingerprint density at radius 3 is 2.64 bits per heavy atom. The zero-order chi connectivity index (χ0) is 20.2. The average Bonchev–Trinajstić information content (AvgIpc) is 3.25. The summed E-state index contributed by atoms with van der Waals surface area (Å²) < 4.78 is 28.4. The van der Waals surface area contributed by atoms with Crippen LogP contribution in [0.3, 0.4) is 0 Å². The van der Waals surface area contributed by atoms with Crippen LogP contribution in [0.25, 0.3) is 0 Å². The molecule has 4 heterocycles. The minimum atomic E-state index is -3.74. The molecule has 2 atom stereocenters. The molecule has 2 aliphatic rings. The van der Waals surface area contributed by atoms with Crippen molar-refractivity contribution < 1.29 is 13.2 Å². The largest absolute Gasteiger partial charge is 0.352 e. The van der Waals surface area contributed by atoms with E-state index in [9.17, 15) is 13.2 Å². The Morgan fingerprint density at radius 1 is 1.29 bits per heavy atom. The normalized spacial score (nSPS) is 24.2. The lowest BCUT2D eigenvalue weighted by Crippen LogP contribution is -2.52. The predicted molar refractivity (Wildman–Crippen MR) is 107 cm³/mol. The summed E-state index contributed by atoms with van der Waals surface area (Å²) in [5, 5.41) is 2.59. The maximum absolute atomic E-state index is 13.4. The molecular weight excluding hydrogens is 398 g/mol. The molecule has 1 amide bonds. The van der Waals surface area contributed by atoms with E-state index in [0.29, 0.717) is 24.6 Å². The lowest BCUT2D eigenvalue weighted by atomic mass is 10.1. The van der Waals surface area contributed by atoms with Gasteiger partial charge in [0.2, 0.25) is 10.0 Å². The van der Waals surface area contributed by atoms with E-state index in [0.717, 1.165) is 5.01 Å². The fourth-order valence-corrected chi connectivity index (χ4v) is 6.76. The third-order valence-electron chi connectivity index (χ3n) is 5.36. The molecule has 0 unspecified atom stereocenters. The van der Waals surface area contributed by atoms with Gasteiger partial charge in [0, 0.05) is 37.8 Å². The van der Waals surface area contributed by atoms with E-state index in [4.69, 9.17) is 0 Å². The van der Waals surface area contributed by atoms with Crippen LogP contribution in [0.15, 0.2) is 28.6 Å². The summed E-state index contributed by atoms with van der Waals surface area (Å²) in [4.78, 5) is 25.4. The third-order valence-corrected chi connectivity index (χ3v) is 8.25. The molecule has 28 heavy (non-hydrogen) atoms. The average molecular weight is 422 g/mol. The van der Waals surface area contributed by atoms with Crippen LogP contribution in [0.5, 0.6) is 0 Å². The van der Waals surface area contributed by atoms with Crippen LogP contribution in [0.4, 0.5) is 5.82 Å². The lowest BCUT2D eigenvalue weighted by molar-refractivity contribution is 0.0776. The van der Waals surface area contributed by atoms with E-state index >= 15 is 0 Å². The van der Waals surface area contributed by atoms with Crippen LogP contribution in [-0.2, 0) is 10.0 Å². The standard InChI is InChI=1S/C18H23N5O3S2/c1-11(2)23-15-9-22(18(24)13-10-27-12(3)20-13)8-14(15)21(4)17-16(28(23,25)26)6-5-7-19-17/h5-7,10-11,14-15H,8-9H2,1-4H3/t14-,15-/m0/s1. The number of likely N-dealkylation sites (N-methyl/N-ethyl adjacent to an activating group) is 1. The minimum absolute atomic E-state index is 0.159. The topological polar surface area (TPSA) is 86.7 Å². The molecule has 0 N–H and O–H groups in total. The predicted octanol–water partition coefficient (Wildman–Crippen LogP) is 1.59. The number of anilines is 1. The van der Waals surface area contributed by atoms with Gasteiger partial charge in [-0.05, 0) is 32.9 Å². The second kappa shape index (κ2) is 6.78. The first-order chi connectivity index (χ1) is 13.2. The van der Waals surface area contributed by atoms with E-state index in [2.05, 4.69) is 9.97 Å². The fourth-order valence-electron chi connectivity index (χ4n) is 4.15. The number of sulfonamides is 1. The second-order valence-corrected chi connectivity index (χ2v) is 10.3. The van der Waals surface area contributed by atoms with Crippen molar-refractivity contribution in [2.45, 2.75) is 43.8 Å². The maximum Gasteiger partial charge on any atom is 0.273 e. The van der Waals surface area contributed by atoms with E-state index in [1.807, 2.05) is 32.7 Å². The molecule has 1 saturated heterocycles. The number of hydrogen-bond acceptors (Lipinski definition) is 7. The van der Waals surface area contributed by atoms with E-state index in [-0.39, 0.29) is 28.9 Å². The molecule has 0 saturated carbocycles. The Bertz CT molecular complexity index is 1020. The van der Waals surface area contributed by atoms with Gasteiger partial charge >= 0.3 is 0 Å². The number of rotatable bonds is 2. The molecule has 2 aromatic heterocycles. The first kappa shape index (κ1) is 19.3. The summed E-state index contributed by atoms with van der Waals surface area (Å²) in [6.45, 7) is 6.34. The SMILES string of the molecule is Cc1nc(C(=O)N2C[C@H]3[C@H](C2)N(C(C)C)S(=O)(=O)c2cccnc2N3C)cs1. The van der Waals surface area contributed by atoms with Gasteiger partial charge in [0.25, 0.3) is 5.91 Å². The molecule has 0 bridgehead atoms. The van der Waals surface area contributed by atoms with E-state index < -0.39 is 10.0 Å². The Kier molecular flexibility index (Phi) is 4.67. The highest BCUT2D eigenvalue weighted by molar-refractivity contribution is 7.89. The van der Waals surface area contributed by atoms with Crippen LogP contribution in [0, 0.1) is 6.92 Å². The third kappa shape index (κ3) is 2.90. The van der Waals surface area contributed by atoms with Crippen molar-refractivity contribution in [1.29, 1.82) is 0 Å². The summed E-state index contributed by atoms with van der Waals surface area (Å²) in [5.41, 5.74) is 0.416. The van der Waals surface area contributed by atoms with Crippen LogP contribution in [0.2, 0.25) is 0 Å². The summed E-state index contributed by atoms with van der Waals surface area (Å²) in [5.74, 6) is 0.271. The van der Waals surface area contributed by atoms with Gasteiger partial charge in [0.15, 0.2) is 0 Å². The van der Waals surface area contributed by atoms with Gasteiger partial charge in [0.1, 0.15) is 16.4 Å². The molecule has 2 aromatic rings. The molecular formula is C18H23N5O3S2. The molecule has 0 aromatic carbocycles. The van der Waals surface area contributed by atoms with Gasteiger partial charge in [-0.15, -0.1) is 11.3 Å². The molecule has 0 radical (unpaired) electrons. The highest BCUT2D eigenvalue weighted by atomic mass is 32.2. The van der Waals surface area contributed by atoms with Crippen molar-refractivity contribution in [3.63, 3.8) is 0 Å². The number of thiazole rings is 1. The second-order valence-electron chi connectivity index (χ2n) is 7.46. The maximum atomic E-state index is 13.4. The first-order valence-electron chi connectivity index (χ1n) is 9.14. The van der Waals surface area contributed by atoms with Gasteiger partial charge in [-0.2, -0.15) is 4.31 Å².